The molecule has 0 aromatic rings. The Labute approximate surface area is 144 Å². The van der Waals surface area contributed by atoms with E-state index in [1.54, 1.807) is 0 Å². The van der Waals surface area contributed by atoms with Gasteiger partial charge in [-0.1, -0.05) is 45.4 Å². The van der Waals surface area contributed by atoms with Crippen LogP contribution in [0, 0.1) is 22.7 Å². The van der Waals surface area contributed by atoms with Gasteiger partial charge in [-0.25, -0.2) is 4.79 Å². The molecule has 3 fully saturated rings. The molecular formula is C20H28O4. The number of hydrogen-bond donors (Lipinski definition) is 1. The lowest BCUT2D eigenvalue weighted by Gasteiger charge is -2.56. The first kappa shape index (κ1) is 17.4. The molecule has 0 spiro atoms. The maximum absolute atomic E-state index is 12.8. The molecule has 1 aliphatic heterocycles. The molecule has 4 nitrogen and oxygen atoms in total. The van der Waals surface area contributed by atoms with Gasteiger partial charge < -0.3 is 9.84 Å². The number of cyclic esters (lactones) is 1. The average molecular weight is 332 g/mol. The van der Waals surface area contributed by atoms with Crippen molar-refractivity contribution in [2.75, 3.05) is 0 Å². The first-order valence-corrected chi connectivity index (χ1v) is 8.93. The van der Waals surface area contributed by atoms with E-state index in [1.807, 2.05) is 6.08 Å². The van der Waals surface area contributed by atoms with Crippen LogP contribution < -0.4 is 0 Å². The van der Waals surface area contributed by atoms with Gasteiger partial charge in [0.15, 0.2) is 0 Å². The monoisotopic (exact) mass is 332 g/mol. The molecule has 4 atom stereocenters. The standard InChI is InChI=1S/C20H28O4/c1-12-10-15(21)17-19(2,3)8-5-9-20(17,4)14(12)7-6-13-11-16(22)24-18(13)23/h6,14,16-17,22H,1,5,7-11H2,2-4H3. The van der Waals surface area contributed by atoms with Crippen molar-refractivity contribution in [1.82, 2.24) is 0 Å². The number of ketones is 1. The van der Waals surface area contributed by atoms with E-state index >= 15 is 0 Å². The number of carbonyl (C=O) groups is 2. The van der Waals surface area contributed by atoms with Gasteiger partial charge in [-0.15, -0.1) is 0 Å². The largest absolute Gasteiger partial charge is 0.432 e. The van der Waals surface area contributed by atoms with Crippen LogP contribution in [0.25, 0.3) is 0 Å². The van der Waals surface area contributed by atoms with Crippen molar-refractivity contribution in [3.63, 3.8) is 0 Å². The Morgan fingerprint density at radius 3 is 2.62 bits per heavy atom. The van der Waals surface area contributed by atoms with E-state index in [9.17, 15) is 14.7 Å². The van der Waals surface area contributed by atoms with E-state index in [0.29, 0.717) is 24.2 Å². The maximum Gasteiger partial charge on any atom is 0.336 e. The van der Waals surface area contributed by atoms with E-state index in [2.05, 4.69) is 27.4 Å². The lowest BCUT2D eigenvalue weighted by Crippen LogP contribution is -2.53. The molecule has 0 aromatic carbocycles. The van der Waals surface area contributed by atoms with Crippen molar-refractivity contribution >= 4 is 11.8 Å². The number of carbonyl (C=O) groups excluding carboxylic acids is 2. The zero-order valence-electron chi connectivity index (χ0n) is 14.9. The van der Waals surface area contributed by atoms with Gasteiger partial charge in [0.25, 0.3) is 0 Å². The van der Waals surface area contributed by atoms with E-state index in [1.165, 1.54) is 0 Å². The molecule has 4 unspecified atom stereocenters. The molecule has 2 saturated carbocycles. The second-order valence-electron chi connectivity index (χ2n) is 8.66. The van der Waals surface area contributed by atoms with Gasteiger partial charge in [-0.2, -0.15) is 0 Å². The first-order chi connectivity index (χ1) is 11.1. The molecule has 3 aliphatic rings. The SMILES string of the molecule is C=C1CC(=O)C2C(C)(C)CCCC2(C)C1CC=C1CC(O)OC1=O. The van der Waals surface area contributed by atoms with Crippen LogP contribution in [0.5, 0.6) is 0 Å². The fraction of sp³-hybridized carbons (Fsp3) is 0.700. The van der Waals surface area contributed by atoms with Gasteiger partial charge >= 0.3 is 5.97 Å². The van der Waals surface area contributed by atoms with Crippen LogP contribution in [-0.4, -0.2) is 23.1 Å². The highest BCUT2D eigenvalue weighted by atomic mass is 16.6. The van der Waals surface area contributed by atoms with E-state index in [-0.39, 0.29) is 29.1 Å². The van der Waals surface area contributed by atoms with Gasteiger partial charge in [-0.3, -0.25) is 4.79 Å². The summed E-state index contributed by atoms with van der Waals surface area (Å²) in [4.78, 5) is 24.5. The van der Waals surface area contributed by atoms with E-state index < -0.39 is 12.3 Å². The van der Waals surface area contributed by atoms with Crippen LogP contribution in [0.1, 0.15) is 59.3 Å². The lowest BCUT2D eigenvalue weighted by atomic mass is 9.47. The van der Waals surface area contributed by atoms with E-state index in [0.717, 1.165) is 24.8 Å². The summed E-state index contributed by atoms with van der Waals surface area (Å²) in [5.41, 5.74) is 1.44. The van der Waals surface area contributed by atoms with Gasteiger partial charge in [0.1, 0.15) is 5.78 Å². The van der Waals surface area contributed by atoms with Gasteiger partial charge in [-0.05, 0) is 36.0 Å². The fourth-order valence-corrected chi connectivity index (χ4v) is 5.58. The van der Waals surface area contributed by atoms with Crippen molar-refractivity contribution in [3.8, 4) is 0 Å². The Hall–Kier alpha value is -1.42. The minimum Gasteiger partial charge on any atom is -0.432 e. The summed E-state index contributed by atoms with van der Waals surface area (Å²) in [5, 5.41) is 9.45. The number of ether oxygens (including phenoxy) is 1. The van der Waals surface area contributed by atoms with Crippen molar-refractivity contribution < 1.29 is 19.4 Å². The van der Waals surface area contributed by atoms with Crippen LogP contribution in [0.3, 0.4) is 0 Å². The molecule has 3 rings (SSSR count). The second-order valence-corrected chi connectivity index (χ2v) is 8.66. The maximum atomic E-state index is 12.8. The summed E-state index contributed by atoms with van der Waals surface area (Å²) in [5.74, 6) is 0.143. The molecule has 1 saturated heterocycles. The predicted octanol–water partition coefficient (Wildman–Crippen LogP) is 3.55. The Morgan fingerprint density at radius 1 is 1.29 bits per heavy atom. The Balaban J connectivity index is 1.89. The summed E-state index contributed by atoms with van der Waals surface area (Å²) >= 11 is 0. The fourth-order valence-electron chi connectivity index (χ4n) is 5.58. The molecular weight excluding hydrogens is 304 g/mol. The van der Waals surface area contributed by atoms with Crippen LogP contribution in [0.2, 0.25) is 0 Å². The Bertz CT molecular complexity index is 615. The van der Waals surface area contributed by atoms with Crippen LogP contribution in [0.4, 0.5) is 0 Å². The number of Topliss-reactive ketones (excluding diaryl/α,β-unsaturated/α-hetero) is 1. The normalized spacial score (nSPS) is 40.6. The second kappa shape index (κ2) is 5.83. The molecule has 0 aromatic heterocycles. The lowest BCUT2D eigenvalue weighted by molar-refractivity contribution is -0.152. The third kappa shape index (κ3) is 2.75. The molecule has 2 aliphatic carbocycles. The highest BCUT2D eigenvalue weighted by molar-refractivity contribution is 5.90. The minimum absolute atomic E-state index is 0.0126. The summed E-state index contributed by atoms with van der Waals surface area (Å²) in [6.07, 6.45) is 5.49. The van der Waals surface area contributed by atoms with E-state index in [4.69, 9.17) is 4.74 Å². The number of esters is 1. The van der Waals surface area contributed by atoms with Gasteiger partial charge in [0, 0.05) is 24.3 Å². The number of aliphatic hydroxyl groups excluding tert-OH is 1. The van der Waals surface area contributed by atoms with Crippen LogP contribution in [0.15, 0.2) is 23.8 Å². The highest BCUT2D eigenvalue weighted by Crippen LogP contribution is 2.60. The van der Waals surface area contributed by atoms with Crippen LogP contribution in [-0.2, 0) is 14.3 Å². The third-order valence-corrected chi connectivity index (χ3v) is 6.49. The smallest absolute Gasteiger partial charge is 0.336 e. The molecule has 0 radical (unpaired) electrons. The molecule has 0 amide bonds. The first-order valence-electron chi connectivity index (χ1n) is 8.93. The summed E-state index contributed by atoms with van der Waals surface area (Å²) < 4.78 is 4.79. The number of allylic oxidation sites excluding steroid dienone is 2. The van der Waals surface area contributed by atoms with Gasteiger partial charge in [0.2, 0.25) is 6.29 Å². The summed E-state index contributed by atoms with van der Waals surface area (Å²) in [6, 6.07) is 0. The topological polar surface area (TPSA) is 63.6 Å². The zero-order chi connectivity index (χ0) is 17.7. The molecule has 1 heterocycles. The molecule has 4 heteroatoms. The zero-order valence-corrected chi connectivity index (χ0v) is 14.9. The number of rotatable bonds is 2. The molecule has 132 valence electrons. The predicted molar refractivity (Wildman–Crippen MR) is 90.9 cm³/mol. The van der Waals surface area contributed by atoms with Gasteiger partial charge in [0.05, 0.1) is 0 Å². The molecule has 24 heavy (non-hydrogen) atoms. The Morgan fingerprint density at radius 2 is 2.00 bits per heavy atom. The van der Waals surface area contributed by atoms with Crippen molar-refractivity contribution in [3.05, 3.63) is 23.8 Å². The summed E-state index contributed by atoms with van der Waals surface area (Å²) in [6.45, 7) is 10.8. The van der Waals surface area contributed by atoms with Crippen molar-refractivity contribution in [2.45, 2.75) is 65.6 Å². The molecule has 1 N–H and O–H groups in total. The average Bonchev–Trinajstić information content (AvgIpc) is 2.74. The number of aliphatic hydroxyl groups is 1. The minimum atomic E-state index is -1.02. The summed E-state index contributed by atoms with van der Waals surface area (Å²) in [7, 11) is 0. The quantitative estimate of drug-likeness (QED) is 0.477. The number of fused-ring (bicyclic) bond motifs is 1. The highest BCUT2D eigenvalue weighted by Gasteiger charge is 2.56. The molecule has 0 bridgehead atoms. The number of hydrogen-bond acceptors (Lipinski definition) is 4. The Kier molecular flexibility index (Phi) is 4.23. The van der Waals surface area contributed by atoms with Crippen molar-refractivity contribution in [1.29, 1.82) is 0 Å². The van der Waals surface area contributed by atoms with Crippen LogP contribution >= 0.6 is 0 Å². The van der Waals surface area contributed by atoms with Crippen molar-refractivity contribution in [2.24, 2.45) is 22.7 Å². The third-order valence-electron chi connectivity index (χ3n) is 6.49.